The van der Waals surface area contributed by atoms with E-state index in [0.29, 0.717) is 11.5 Å². The van der Waals surface area contributed by atoms with Crippen molar-refractivity contribution in [3.63, 3.8) is 0 Å². The summed E-state index contributed by atoms with van der Waals surface area (Å²) in [7, 11) is 0. The lowest BCUT2D eigenvalue weighted by Gasteiger charge is -2.38. The smallest absolute Gasteiger partial charge is 0.0631 e. The minimum absolute atomic E-state index is 0.438. The lowest BCUT2D eigenvalue weighted by molar-refractivity contribution is 0.193. The highest BCUT2D eigenvalue weighted by atomic mass is 15.3. The SMILES string of the molecule is CCC(CC)n1ccc(CC2(C)CNC2)n1. The number of aromatic nitrogens is 2. The van der Waals surface area contributed by atoms with Gasteiger partial charge in [0, 0.05) is 19.3 Å². The second kappa shape index (κ2) is 4.58. The van der Waals surface area contributed by atoms with Gasteiger partial charge in [0.2, 0.25) is 0 Å². The van der Waals surface area contributed by atoms with Gasteiger partial charge >= 0.3 is 0 Å². The largest absolute Gasteiger partial charge is 0.316 e. The number of nitrogens with zero attached hydrogens (tertiary/aromatic N) is 2. The fourth-order valence-electron chi connectivity index (χ4n) is 2.45. The standard InChI is InChI=1S/C13H23N3/c1-4-12(5-2)16-7-6-11(15-16)8-13(3)9-14-10-13/h6-7,12,14H,4-5,8-10H2,1-3H3. The molecule has 1 aliphatic heterocycles. The van der Waals surface area contributed by atoms with Crippen LogP contribution in [0, 0.1) is 5.41 Å². The normalized spacial score (nSPS) is 18.8. The molecule has 16 heavy (non-hydrogen) atoms. The summed E-state index contributed by atoms with van der Waals surface area (Å²) in [5.74, 6) is 0. The summed E-state index contributed by atoms with van der Waals surface area (Å²) in [5, 5.41) is 8.05. The van der Waals surface area contributed by atoms with Gasteiger partial charge in [-0.05, 0) is 30.7 Å². The molecule has 0 aromatic carbocycles. The molecule has 0 radical (unpaired) electrons. The fraction of sp³-hybridized carbons (Fsp3) is 0.769. The van der Waals surface area contributed by atoms with E-state index in [2.05, 4.69) is 43.0 Å². The monoisotopic (exact) mass is 221 g/mol. The van der Waals surface area contributed by atoms with Crippen LogP contribution in [0.3, 0.4) is 0 Å². The van der Waals surface area contributed by atoms with Crippen LogP contribution in [0.4, 0.5) is 0 Å². The van der Waals surface area contributed by atoms with E-state index in [4.69, 9.17) is 5.10 Å². The zero-order valence-electron chi connectivity index (χ0n) is 10.7. The lowest BCUT2D eigenvalue weighted by atomic mass is 9.80. The molecule has 0 atom stereocenters. The topological polar surface area (TPSA) is 29.9 Å². The summed E-state index contributed by atoms with van der Waals surface area (Å²) in [4.78, 5) is 0. The molecule has 1 N–H and O–H groups in total. The zero-order chi connectivity index (χ0) is 11.6. The van der Waals surface area contributed by atoms with Crippen molar-refractivity contribution in [2.24, 2.45) is 5.41 Å². The zero-order valence-corrected chi connectivity index (χ0v) is 10.7. The van der Waals surface area contributed by atoms with E-state index in [1.54, 1.807) is 0 Å². The predicted molar refractivity (Wildman–Crippen MR) is 66.5 cm³/mol. The molecule has 3 nitrogen and oxygen atoms in total. The molecule has 1 fully saturated rings. The molecule has 1 saturated heterocycles. The molecule has 1 aromatic rings. The van der Waals surface area contributed by atoms with Gasteiger partial charge in [0.25, 0.3) is 0 Å². The van der Waals surface area contributed by atoms with Crippen LogP contribution in [0.25, 0.3) is 0 Å². The van der Waals surface area contributed by atoms with Gasteiger partial charge in [0.05, 0.1) is 11.7 Å². The van der Waals surface area contributed by atoms with Crippen LogP contribution in [0.15, 0.2) is 12.3 Å². The predicted octanol–water partition coefficient (Wildman–Crippen LogP) is 2.40. The van der Waals surface area contributed by atoms with Crippen LogP contribution in [0.1, 0.15) is 45.3 Å². The molecule has 0 aliphatic carbocycles. The maximum absolute atomic E-state index is 4.71. The van der Waals surface area contributed by atoms with E-state index in [1.165, 1.54) is 5.69 Å². The Morgan fingerprint density at radius 1 is 1.44 bits per heavy atom. The fourth-order valence-corrected chi connectivity index (χ4v) is 2.45. The van der Waals surface area contributed by atoms with Crippen LogP contribution >= 0.6 is 0 Å². The molecule has 1 aromatic heterocycles. The summed E-state index contributed by atoms with van der Waals surface area (Å²) in [6.07, 6.45) is 5.57. The number of rotatable bonds is 5. The number of hydrogen-bond donors (Lipinski definition) is 1. The summed E-state index contributed by atoms with van der Waals surface area (Å²) in [6, 6.07) is 2.75. The van der Waals surface area contributed by atoms with Gasteiger partial charge in [-0.1, -0.05) is 20.8 Å². The van der Waals surface area contributed by atoms with E-state index in [-0.39, 0.29) is 0 Å². The van der Waals surface area contributed by atoms with Crippen LogP contribution in [0.5, 0.6) is 0 Å². The second-order valence-corrected chi connectivity index (χ2v) is 5.35. The molecule has 0 bridgehead atoms. The molecular weight excluding hydrogens is 198 g/mol. The first-order valence-electron chi connectivity index (χ1n) is 6.41. The van der Waals surface area contributed by atoms with Crippen LogP contribution in [0.2, 0.25) is 0 Å². The van der Waals surface area contributed by atoms with Gasteiger partial charge in [-0.2, -0.15) is 5.10 Å². The first-order valence-corrected chi connectivity index (χ1v) is 6.41. The molecule has 2 heterocycles. The second-order valence-electron chi connectivity index (χ2n) is 5.35. The summed E-state index contributed by atoms with van der Waals surface area (Å²) < 4.78 is 2.14. The highest BCUT2D eigenvalue weighted by Gasteiger charge is 2.32. The van der Waals surface area contributed by atoms with Crippen LogP contribution in [-0.4, -0.2) is 22.9 Å². The Balaban J connectivity index is 2.01. The van der Waals surface area contributed by atoms with Crippen LogP contribution in [-0.2, 0) is 6.42 Å². The summed E-state index contributed by atoms with van der Waals surface area (Å²) >= 11 is 0. The van der Waals surface area contributed by atoms with E-state index in [0.717, 1.165) is 32.4 Å². The Morgan fingerprint density at radius 2 is 2.12 bits per heavy atom. The maximum Gasteiger partial charge on any atom is 0.0631 e. The van der Waals surface area contributed by atoms with Crippen molar-refractivity contribution in [2.45, 2.75) is 46.1 Å². The third-order valence-electron chi connectivity index (χ3n) is 3.69. The van der Waals surface area contributed by atoms with Crippen molar-refractivity contribution in [2.75, 3.05) is 13.1 Å². The Bertz CT molecular complexity index is 335. The van der Waals surface area contributed by atoms with Crippen molar-refractivity contribution in [1.82, 2.24) is 15.1 Å². The highest BCUT2D eigenvalue weighted by molar-refractivity contribution is 5.06. The van der Waals surface area contributed by atoms with Crippen LogP contribution < -0.4 is 5.32 Å². The Labute approximate surface area is 98.2 Å². The van der Waals surface area contributed by atoms with Gasteiger partial charge in [-0.15, -0.1) is 0 Å². The van der Waals surface area contributed by atoms with Crippen molar-refractivity contribution < 1.29 is 0 Å². The van der Waals surface area contributed by atoms with Gasteiger partial charge < -0.3 is 5.32 Å². The molecule has 1 aliphatic rings. The van der Waals surface area contributed by atoms with Crippen molar-refractivity contribution in [3.05, 3.63) is 18.0 Å². The van der Waals surface area contributed by atoms with E-state index in [9.17, 15) is 0 Å². The van der Waals surface area contributed by atoms with E-state index in [1.807, 2.05) is 0 Å². The maximum atomic E-state index is 4.71. The third kappa shape index (κ3) is 2.29. The Hall–Kier alpha value is -0.830. The molecule has 2 rings (SSSR count). The van der Waals surface area contributed by atoms with Gasteiger partial charge in [0.1, 0.15) is 0 Å². The van der Waals surface area contributed by atoms with Crippen molar-refractivity contribution in [3.8, 4) is 0 Å². The van der Waals surface area contributed by atoms with Crippen molar-refractivity contribution >= 4 is 0 Å². The van der Waals surface area contributed by atoms with E-state index < -0.39 is 0 Å². The van der Waals surface area contributed by atoms with Crippen molar-refractivity contribution in [1.29, 1.82) is 0 Å². The van der Waals surface area contributed by atoms with Gasteiger partial charge in [0.15, 0.2) is 0 Å². The quantitative estimate of drug-likeness (QED) is 0.827. The third-order valence-corrected chi connectivity index (χ3v) is 3.69. The van der Waals surface area contributed by atoms with E-state index >= 15 is 0 Å². The minimum Gasteiger partial charge on any atom is -0.316 e. The number of nitrogens with one attached hydrogen (secondary N) is 1. The lowest BCUT2D eigenvalue weighted by Crippen LogP contribution is -2.52. The minimum atomic E-state index is 0.438. The first-order chi connectivity index (χ1) is 7.67. The Morgan fingerprint density at radius 3 is 2.62 bits per heavy atom. The number of hydrogen-bond acceptors (Lipinski definition) is 2. The highest BCUT2D eigenvalue weighted by Crippen LogP contribution is 2.26. The average Bonchev–Trinajstić information content (AvgIpc) is 2.66. The van der Waals surface area contributed by atoms with Gasteiger partial charge in [-0.25, -0.2) is 0 Å². The molecule has 0 spiro atoms. The first kappa shape index (κ1) is 11.6. The molecule has 0 amide bonds. The summed E-state index contributed by atoms with van der Waals surface area (Å²) in [6.45, 7) is 9.05. The average molecular weight is 221 g/mol. The molecule has 0 saturated carbocycles. The molecule has 3 heteroatoms. The Kier molecular flexibility index (Phi) is 3.33. The van der Waals surface area contributed by atoms with Gasteiger partial charge in [-0.3, -0.25) is 4.68 Å². The molecule has 90 valence electrons. The summed E-state index contributed by atoms with van der Waals surface area (Å²) in [5.41, 5.74) is 1.68. The molecule has 0 unspecified atom stereocenters. The molecular formula is C13H23N3.